The fourth-order valence-electron chi connectivity index (χ4n) is 1.74. The van der Waals surface area contributed by atoms with Crippen LogP contribution >= 0.6 is 0 Å². The molecule has 0 amide bonds. The smallest absolute Gasteiger partial charge is 0.165 e. The number of methoxy groups -OCH3 is 1. The fourth-order valence-corrected chi connectivity index (χ4v) is 1.74. The van der Waals surface area contributed by atoms with E-state index in [2.05, 4.69) is 0 Å². The van der Waals surface area contributed by atoms with E-state index >= 15 is 0 Å². The van der Waals surface area contributed by atoms with Crippen LogP contribution in [0.1, 0.15) is 5.56 Å². The average molecular weight is 249 g/mol. The van der Waals surface area contributed by atoms with Crippen LogP contribution in [-0.4, -0.2) is 7.11 Å². The van der Waals surface area contributed by atoms with Crippen molar-refractivity contribution in [3.05, 3.63) is 53.6 Å². The Kier molecular flexibility index (Phi) is 3.58. The number of hydrogen-bond donors (Lipinski definition) is 1. The van der Waals surface area contributed by atoms with Gasteiger partial charge < -0.3 is 10.5 Å². The lowest BCUT2D eigenvalue weighted by molar-refractivity contribution is 0.386. The maximum atomic E-state index is 13.6. The summed E-state index contributed by atoms with van der Waals surface area (Å²) in [5, 5.41) is 0. The van der Waals surface area contributed by atoms with Crippen LogP contribution in [-0.2, 0) is 6.54 Å². The molecule has 0 aliphatic rings. The molecule has 0 saturated carbocycles. The van der Waals surface area contributed by atoms with E-state index in [-0.39, 0.29) is 18.1 Å². The summed E-state index contributed by atoms with van der Waals surface area (Å²) in [5.74, 6) is -0.692. The molecule has 2 aromatic rings. The molecule has 2 aromatic carbocycles. The third-order valence-electron chi connectivity index (χ3n) is 2.76. The number of ether oxygens (including phenoxy) is 1. The molecular weight excluding hydrogens is 236 g/mol. The normalized spacial score (nSPS) is 10.4. The first-order valence-corrected chi connectivity index (χ1v) is 5.48. The van der Waals surface area contributed by atoms with Gasteiger partial charge in [0.25, 0.3) is 0 Å². The van der Waals surface area contributed by atoms with Gasteiger partial charge >= 0.3 is 0 Å². The van der Waals surface area contributed by atoms with E-state index < -0.39 is 5.82 Å². The van der Waals surface area contributed by atoms with E-state index in [4.69, 9.17) is 10.5 Å². The van der Waals surface area contributed by atoms with Crippen molar-refractivity contribution in [2.24, 2.45) is 5.73 Å². The third kappa shape index (κ3) is 2.33. The van der Waals surface area contributed by atoms with Crippen LogP contribution in [0, 0.1) is 11.6 Å². The van der Waals surface area contributed by atoms with Crippen LogP contribution in [0.5, 0.6) is 5.75 Å². The molecule has 0 aliphatic heterocycles. The first-order chi connectivity index (χ1) is 8.65. The van der Waals surface area contributed by atoms with Gasteiger partial charge in [0.15, 0.2) is 11.6 Å². The minimum absolute atomic E-state index is 0.142. The van der Waals surface area contributed by atoms with Gasteiger partial charge in [-0.25, -0.2) is 8.78 Å². The van der Waals surface area contributed by atoms with Gasteiger partial charge in [-0.2, -0.15) is 0 Å². The molecule has 18 heavy (non-hydrogen) atoms. The first kappa shape index (κ1) is 12.5. The van der Waals surface area contributed by atoms with Gasteiger partial charge in [0.1, 0.15) is 5.82 Å². The summed E-state index contributed by atoms with van der Waals surface area (Å²) in [5.41, 5.74) is 7.02. The van der Waals surface area contributed by atoms with E-state index in [1.54, 1.807) is 18.2 Å². The summed E-state index contributed by atoms with van der Waals surface area (Å²) in [6.45, 7) is 0.142. The molecule has 0 saturated heterocycles. The van der Waals surface area contributed by atoms with Crippen LogP contribution < -0.4 is 10.5 Å². The highest BCUT2D eigenvalue weighted by atomic mass is 19.1. The highest BCUT2D eigenvalue weighted by Crippen LogP contribution is 2.26. The number of halogens is 2. The minimum atomic E-state index is -0.474. The molecule has 4 heteroatoms. The number of rotatable bonds is 3. The molecule has 2 rings (SSSR count). The quantitative estimate of drug-likeness (QED) is 0.907. The summed E-state index contributed by atoms with van der Waals surface area (Å²) in [6, 6.07) is 9.18. The van der Waals surface area contributed by atoms with Crippen molar-refractivity contribution in [3.63, 3.8) is 0 Å². The summed E-state index contributed by atoms with van der Waals surface area (Å²) in [7, 11) is 1.40. The highest BCUT2D eigenvalue weighted by molar-refractivity contribution is 5.64. The van der Waals surface area contributed by atoms with Gasteiger partial charge in [0, 0.05) is 12.1 Å². The molecular formula is C14H13F2NO. The lowest BCUT2D eigenvalue weighted by Crippen LogP contribution is -1.99. The Morgan fingerprint density at radius 3 is 2.11 bits per heavy atom. The standard InChI is InChI=1S/C14H13F2NO/c1-18-14-5-4-10(7-13(14)16)9-2-3-11(8-17)12(15)6-9/h2-7H,8,17H2,1H3. The van der Waals surface area contributed by atoms with Crippen LogP contribution in [0.15, 0.2) is 36.4 Å². The second-order valence-corrected chi connectivity index (χ2v) is 3.86. The van der Waals surface area contributed by atoms with Crippen molar-refractivity contribution >= 4 is 0 Å². The lowest BCUT2D eigenvalue weighted by Gasteiger charge is -2.07. The predicted octanol–water partition coefficient (Wildman–Crippen LogP) is 3.10. The Bertz CT molecular complexity index is 518. The van der Waals surface area contributed by atoms with Gasteiger partial charge in [-0.3, -0.25) is 0 Å². The molecule has 0 atom stereocenters. The Morgan fingerprint density at radius 1 is 1.00 bits per heavy atom. The van der Waals surface area contributed by atoms with Crippen molar-refractivity contribution < 1.29 is 13.5 Å². The fraction of sp³-hybridized carbons (Fsp3) is 0.143. The number of nitrogens with two attached hydrogens (primary N) is 1. The van der Waals surface area contributed by atoms with Crippen LogP contribution in [0.3, 0.4) is 0 Å². The van der Waals surface area contributed by atoms with Gasteiger partial charge in [-0.05, 0) is 29.3 Å². The van der Waals surface area contributed by atoms with Crippen molar-refractivity contribution in [2.75, 3.05) is 7.11 Å². The zero-order valence-corrected chi connectivity index (χ0v) is 9.91. The molecule has 2 N–H and O–H groups in total. The lowest BCUT2D eigenvalue weighted by atomic mass is 10.0. The molecule has 0 fully saturated rings. The largest absolute Gasteiger partial charge is 0.494 e. The Morgan fingerprint density at radius 2 is 1.61 bits per heavy atom. The summed E-state index contributed by atoms with van der Waals surface area (Å²) in [6.07, 6.45) is 0. The van der Waals surface area contributed by atoms with E-state index in [9.17, 15) is 8.78 Å². The molecule has 0 unspecified atom stereocenters. The van der Waals surface area contributed by atoms with Crippen LogP contribution in [0.25, 0.3) is 11.1 Å². The predicted molar refractivity (Wildman–Crippen MR) is 66.2 cm³/mol. The highest BCUT2D eigenvalue weighted by Gasteiger charge is 2.07. The van der Waals surface area contributed by atoms with Gasteiger partial charge in [0.2, 0.25) is 0 Å². The van der Waals surface area contributed by atoms with E-state index in [1.807, 2.05) is 0 Å². The van der Waals surface area contributed by atoms with Crippen LogP contribution in [0.4, 0.5) is 8.78 Å². The molecule has 2 nitrogen and oxygen atoms in total. The van der Waals surface area contributed by atoms with Gasteiger partial charge in [-0.1, -0.05) is 18.2 Å². The maximum Gasteiger partial charge on any atom is 0.165 e. The molecule has 0 aliphatic carbocycles. The minimum Gasteiger partial charge on any atom is -0.494 e. The van der Waals surface area contributed by atoms with Crippen molar-refractivity contribution in [1.82, 2.24) is 0 Å². The molecule has 0 spiro atoms. The molecule has 0 heterocycles. The second-order valence-electron chi connectivity index (χ2n) is 3.86. The SMILES string of the molecule is COc1ccc(-c2ccc(CN)c(F)c2)cc1F. The van der Waals surface area contributed by atoms with Crippen LogP contribution in [0.2, 0.25) is 0 Å². The Balaban J connectivity index is 2.42. The monoisotopic (exact) mass is 249 g/mol. The van der Waals surface area contributed by atoms with E-state index in [0.29, 0.717) is 16.7 Å². The zero-order chi connectivity index (χ0) is 13.1. The average Bonchev–Trinajstić information content (AvgIpc) is 2.38. The van der Waals surface area contributed by atoms with Crippen molar-refractivity contribution in [1.29, 1.82) is 0 Å². The zero-order valence-electron chi connectivity index (χ0n) is 9.91. The molecule has 94 valence electrons. The Hall–Kier alpha value is -1.94. The van der Waals surface area contributed by atoms with Crippen molar-refractivity contribution in [2.45, 2.75) is 6.54 Å². The van der Waals surface area contributed by atoms with Gasteiger partial charge in [-0.15, -0.1) is 0 Å². The summed E-state index contributed by atoms with van der Waals surface area (Å²) >= 11 is 0. The second kappa shape index (κ2) is 5.14. The molecule has 0 bridgehead atoms. The number of hydrogen-bond acceptors (Lipinski definition) is 2. The topological polar surface area (TPSA) is 35.2 Å². The number of benzene rings is 2. The molecule has 0 radical (unpaired) electrons. The summed E-state index contributed by atoms with van der Waals surface area (Å²) < 4.78 is 32.0. The third-order valence-corrected chi connectivity index (χ3v) is 2.76. The van der Waals surface area contributed by atoms with Crippen molar-refractivity contribution in [3.8, 4) is 16.9 Å². The Labute approximate surface area is 104 Å². The first-order valence-electron chi connectivity index (χ1n) is 5.48. The van der Waals surface area contributed by atoms with E-state index in [1.165, 1.54) is 25.3 Å². The molecule has 0 aromatic heterocycles. The maximum absolute atomic E-state index is 13.6. The van der Waals surface area contributed by atoms with Gasteiger partial charge in [0.05, 0.1) is 7.11 Å². The van der Waals surface area contributed by atoms with E-state index in [0.717, 1.165) is 0 Å². The summed E-state index contributed by atoms with van der Waals surface area (Å²) in [4.78, 5) is 0.